The number of hydrogen-bond acceptors (Lipinski definition) is 3. The van der Waals surface area contributed by atoms with Crippen LogP contribution in [-0.2, 0) is 11.2 Å². The van der Waals surface area contributed by atoms with Gasteiger partial charge >= 0.3 is 6.18 Å². The van der Waals surface area contributed by atoms with E-state index in [1.165, 1.54) is 35.1 Å². The number of nitrogens with one attached hydrogen (secondary N) is 2. The lowest BCUT2D eigenvalue weighted by Gasteiger charge is -2.10. The zero-order valence-electron chi connectivity index (χ0n) is 13.7. The fourth-order valence-corrected chi connectivity index (χ4v) is 2.23. The Labute approximate surface area is 146 Å². The summed E-state index contributed by atoms with van der Waals surface area (Å²) >= 11 is 0. The Balaban J connectivity index is 2.05. The van der Waals surface area contributed by atoms with Gasteiger partial charge in [0.15, 0.2) is 0 Å². The van der Waals surface area contributed by atoms with E-state index in [9.17, 15) is 27.2 Å². The molecule has 1 aromatic carbocycles. The van der Waals surface area contributed by atoms with Gasteiger partial charge in [-0.2, -0.15) is 18.3 Å². The molecular formula is C16H16F4N4O2. The van der Waals surface area contributed by atoms with Crippen LogP contribution in [0, 0.1) is 5.82 Å². The van der Waals surface area contributed by atoms with Crippen LogP contribution in [0.1, 0.15) is 23.0 Å². The summed E-state index contributed by atoms with van der Waals surface area (Å²) in [4.78, 5) is 23.6. The predicted octanol–water partition coefficient (Wildman–Crippen LogP) is 1.98. The summed E-state index contributed by atoms with van der Waals surface area (Å²) in [5.41, 5.74) is 1.25. The van der Waals surface area contributed by atoms with Gasteiger partial charge in [0.2, 0.25) is 5.91 Å². The summed E-state index contributed by atoms with van der Waals surface area (Å²) in [6.07, 6.45) is -2.82. The molecule has 1 aromatic heterocycles. The van der Waals surface area contributed by atoms with Crippen molar-refractivity contribution in [2.75, 3.05) is 13.1 Å². The molecule has 2 N–H and O–H groups in total. The van der Waals surface area contributed by atoms with Gasteiger partial charge in [-0.15, -0.1) is 0 Å². The van der Waals surface area contributed by atoms with Crippen molar-refractivity contribution >= 4 is 11.8 Å². The minimum Gasteiger partial charge on any atom is -0.345 e. The lowest BCUT2D eigenvalue weighted by molar-refractivity contribution is -0.137. The molecule has 0 saturated carbocycles. The number of carbonyl (C=O) groups is 2. The van der Waals surface area contributed by atoms with Crippen molar-refractivity contribution in [3.8, 4) is 5.69 Å². The van der Waals surface area contributed by atoms with Gasteiger partial charge in [0.25, 0.3) is 5.91 Å². The molecule has 10 heteroatoms. The zero-order valence-corrected chi connectivity index (χ0v) is 13.7. The topological polar surface area (TPSA) is 76.0 Å². The van der Waals surface area contributed by atoms with E-state index in [0.29, 0.717) is 17.8 Å². The van der Waals surface area contributed by atoms with Gasteiger partial charge in [-0.1, -0.05) is 6.92 Å². The Kier molecular flexibility index (Phi) is 5.96. The molecule has 0 aliphatic carbocycles. The van der Waals surface area contributed by atoms with Gasteiger partial charge in [0.05, 0.1) is 29.7 Å². The molecule has 2 amide bonds. The van der Waals surface area contributed by atoms with Gasteiger partial charge in [0.1, 0.15) is 12.4 Å². The van der Waals surface area contributed by atoms with Crippen LogP contribution in [-0.4, -0.2) is 40.9 Å². The quantitative estimate of drug-likeness (QED) is 0.762. The lowest BCUT2D eigenvalue weighted by Crippen LogP contribution is -2.41. The van der Waals surface area contributed by atoms with Gasteiger partial charge in [-0.05, 0) is 30.7 Å². The normalized spacial score (nSPS) is 11.3. The van der Waals surface area contributed by atoms with E-state index in [0.717, 1.165) is 0 Å². The molecule has 0 aliphatic rings. The van der Waals surface area contributed by atoms with Crippen molar-refractivity contribution in [2.24, 2.45) is 0 Å². The molecule has 26 heavy (non-hydrogen) atoms. The number of nitrogens with zero attached hydrogens (tertiary/aromatic N) is 2. The number of alkyl halides is 3. The standard InChI is InChI=1S/C16H16F4N4O2/c1-2-13-12(7-23-24(13)11-5-3-10(17)4-6-11)15(26)21-8-14(25)22-9-16(18,19)20/h3-7H,2,8-9H2,1H3,(H,21,26)(H,22,25). The molecular weight excluding hydrogens is 356 g/mol. The molecule has 0 unspecified atom stereocenters. The van der Waals surface area contributed by atoms with Crippen molar-refractivity contribution in [3.63, 3.8) is 0 Å². The minimum absolute atomic E-state index is 0.181. The second-order valence-corrected chi connectivity index (χ2v) is 5.32. The summed E-state index contributed by atoms with van der Waals surface area (Å²) in [5.74, 6) is -2.01. The van der Waals surface area contributed by atoms with E-state index in [1.54, 1.807) is 12.2 Å². The average Bonchev–Trinajstić information content (AvgIpc) is 3.02. The Hall–Kier alpha value is -2.91. The Morgan fingerprint density at radius 3 is 2.38 bits per heavy atom. The summed E-state index contributed by atoms with van der Waals surface area (Å²) in [7, 11) is 0. The number of rotatable bonds is 6. The van der Waals surface area contributed by atoms with Crippen LogP contribution in [0.3, 0.4) is 0 Å². The largest absolute Gasteiger partial charge is 0.405 e. The van der Waals surface area contributed by atoms with E-state index >= 15 is 0 Å². The molecule has 2 aromatic rings. The lowest BCUT2D eigenvalue weighted by atomic mass is 10.2. The molecule has 0 saturated heterocycles. The average molecular weight is 372 g/mol. The van der Waals surface area contributed by atoms with Crippen molar-refractivity contribution < 1.29 is 27.2 Å². The highest BCUT2D eigenvalue weighted by Crippen LogP contribution is 2.16. The zero-order chi connectivity index (χ0) is 19.3. The first kappa shape index (κ1) is 19.4. The van der Waals surface area contributed by atoms with Crippen molar-refractivity contribution in [1.29, 1.82) is 0 Å². The number of benzene rings is 1. The van der Waals surface area contributed by atoms with Crippen LogP contribution in [0.2, 0.25) is 0 Å². The highest BCUT2D eigenvalue weighted by molar-refractivity contribution is 5.97. The Morgan fingerprint density at radius 1 is 1.15 bits per heavy atom. The summed E-state index contributed by atoms with van der Waals surface area (Å²) < 4.78 is 50.6. The minimum atomic E-state index is -4.52. The maximum absolute atomic E-state index is 13.0. The van der Waals surface area contributed by atoms with Gasteiger partial charge in [0, 0.05) is 0 Å². The molecule has 0 aliphatic heterocycles. The van der Waals surface area contributed by atoms with Crippen molar-refractivity contribution in [1.82, 2.24) is 20.4 Å². The first-order valence-corrected chi connectivity index (χ1v) is 7.65. The van der Waals surface area contributed by atoms with Crippen LogP contribution in [0.15, 0.2) is 30.5 Å². The van der Waals surface area contributed by atoms with Crippen LogP contribution in [0.25, 0.3) is 5.69 Å². The third-order valence-corrected chi connectivity index (χ3v) is 3.42. The summed E-state index contributed by atoms with van der Waals surface area (Å²) in [5, 5.41) is 8.00. The van der Waals surface area contributed by atoms with Gasteiger partial charge in [-0.3, -0.25) is 9.59 Å². The highest BCUT2D eigenvalue weighted by atomic mass is 19.4. The fraction of sp³-hybridized carbons (Fsp3) is 0.312. The third kappa shape index (κ3) is 5.04. The van der Waals surface area contributed by atoms with E-state index in [4.69, 9.17) is 0 Å². The van der Waals surface area contributed by atoms with Gasteiger partial charge < -0.3 is 10.6 Å². The van der Waals surface area contributed by atoms with Gasteiger partial charge in [-0.25, -0.2) is 9.07 Å². The first-order valence-electron chi connectivity index (χ1n) is 7.65. The highest BCUT2D eigenvalue weighted by Gasteiger charge is 2.27. The van der Waals surface area contributed by atoms with E-state index in [2.05, 4.69) is 10.4 Å². The van der Waals surface area contributed by atoms with Crippen LogP contribution in [0.4, 0.5) is 17.6 Å². The second-order valence-electron chi connectivity index (χ2n) is 5.32. The summed E-state index contributed by atoms with van der Waals surface area (Å²) in [6.45, 7) is -0.284. The molecule has 0 bridgehead atoms. The maximum atomic E-state index is 13.0. The Bertz CT molecular complexity index is 785. The smallest absolute Gasteiger partial charge is 0.345 e. The fourth-order valence-electron chi connectivity index (χ4n) is 2.23. The van der Waals surface area contributed by atoms with Crippen molar-refractivity contribution in [3.05, 3.63) is 47.5 Å². The molecule has 140 valence electrons. The molecule has 0 fully saturated rings. The summed E-state index contributed by atoms with van der Waals surface area (Å²) in [6, 6.07) is 5.49. The van der Waals surface area contributed by atoms with Crippen LogP contribution in [0.5, 0.6) is 0 Å². The molecule has 2 rings (SSSR count). The SMILES string of the molecule is CCc1c(C(=O)NCC(=O)NCC(F)(F)F)cnn1-c1ccc(F)cc1. The number of carbonyl (C=O) groups excluding carboxylic acids is 2. The molecule has 0 atom stereocenters. The van der Waals surface area contributed by atoms with Crippen LogP contribution >= 0.6 is 0 Å². The molecule has 0 radical (unpaired) electrons. The van der Waals surface area contributed by atoms with E-state index < -0.39 is 36.9 Å². The third-order valence-electron chi connectivity index (χ3n) is 3.42. The van der Waals surface area contributed by atoms with E-state index in [1.807, 2.05) is 0 Å². The Morgan fingerprint density at radius 2 is 1.81 bits per heavy atom. The monoisotopic (exact) mass is 372 g/mol. The maximum Gasteiger partial charge on any atom is 0.405 e. The predicted molar refractivity (Wildman–Crippen MR) is 84.3 cm³/mol. The number of halogens is 4. The second kappa shape index (κ2) is 7.98. The number of hydrogen-bond donors (Lipinski definition) is 2. The molecule has 6 nitrogen and oxygen atoms in total. The van der Waals surface area contributed by atoms with Crippen LogP contribution < -0.4 is 10.6 Å². The molecule has 0 spiro atoms. The van der Waals surface area contributed by atoms with Crippen molar-refractivity contribution in [2.45, 2.75) is 19.5 Å². The van der Waals surface area contributed by atoms with E-state index in [-0.39, 0.29) is 5.56 Å². The number of amides is 2. The number of aromatic nitrogens is 2. The first-order chi connectivity index (χ1) is 12.2. The molecule has 1 heterocycles.